The Morgan fingerprint density at radius 1 is 1.43 bits per heavy atom. The number of carboxylic acids is 1. The number of rotatable bonds is 5. The molecule has 2 atom stereocenters. The van der Waals surface area contributed by atoms with Crippen LogP contribution in [0.15, 0.2) is 4.42 Å². The highest BCUT2D eigenvalue weighted by Gasteiger charge is 2.35. The lowest BCUT2D eigenvalue weighted by atomic mass is 9.99. The van der Waals surface area contributed by atoms with Crippen LogP contribution < -0.4 is 5.32 Å². The number of carbonyl (C=O) groups is 2. The van der Waals surface area contributed by atoms with E-state index in [9.17, 15) is 9.59 Å². The Kier molecular flexibility index (Phi) is 4.56. The quantitative estimate of drug-likeness (QED) is 0.826. The van der Waals surface area contributed by atoms with E-state index in [0.29, 0.717) is 19.0 Å². The monoisotopic (exact) mass is 296 g/mol. The van der Waals surface area contributed by atoms with Crippen LogP contribution in [0.25, 0.3) is 0 Å². The molecule has 116 valence electrons. The van der Waals surface area contributed by atoms with Crippen LogP contribution in [0, 0.1) is 11.8 Å². The summed E-state index contributed by atoms with van der Waals surface area (Å²) in [6.45, 7) is 6.79. The molecule has 1 fully saturated rings. The Balaban J connectivity index is 1.86. The molecule has 0 unspecified atom stereocenters. The van der Waals surface area contributed by atoms with Gasteiger partial charge < -0.3 is 9.52 Å². The summed E-state index contributed by atoms with van der Waals surface area (Å²) in [7, 11) is 0. The number of amides is 1. The van der Waals surface area contributed by atoms with Crippen LogP contribution in [0.2, 0.25) is 0 Å². The van der Waals surface area contributed by atoms with E-state index in [2.05, 4.69) is 15.5 Å². The number of anilines is 1. The maximum atomic E-state index is 11.9. The predicted octanol–water partition coefficient (Wildman–Crippen LogP) is 0.784. The third-order valence-corrected chi connectivity index (χ3v) is 3.55. The largest absolute Gasteiger partial charge is 0.481 e. The molecule has 0 saturated carbocycles. The number of nitrogens with one attached hydrogen (secondary N) is 1. The van der Waals surface area contributed by atoms with Crippen LogP contribution >= 0.6 is 0 Å². The van der Waals surface area contributed by atoms with Gasteiger partial charge >= 0.3 is 12.0 Å². The van der Waals surface area contributed by atoms with E-state index in [1.807, 2.05) is 25.7 Å². The lowest BCUT2D eigenvalue weighted by Gasteiger charge is -2.13. The molecule has 0 spiro atoms. The highest BCUT2D eigenvalue weighted by atomic mass is 16.4. The van der Waals surface area contributed by atoms with Crippen molar-refractivity contribution in [3.8, 4) is 0 Å². The van der Waals surface area contributed by atoms with Crippen molar-refractivity contribution in [2.45, 2.75) is 26.7 Å². The molecule has 0 aliphatic carbocycles. The highest BCUT2D eigenvalue weighted by molar-refractivity contribution is 5.90. The molecule has 1 saturated heterocycles. The third-order valence-electron chi connectivity index (χ3n) is 3.55. The third kappa shape index (κ3) is 3.78. The Morgan fingerprint density at radius 2 is 2.14 bits per heavy atom. The summed E-state index contributed by atoms with van der Waals surface area (Å²) >= 11 is 0. The molecule has 1 amide bonds. The van der Waals surface area contributed by atoms with Crippen LogP contribution in [-0.4, -0.2) is 51.7 Å². The van der Waals surface area contributed by atoms with Gasteiger partial charge in [0, 0.05) is 19.0 Å². The fourth-order valence-corrected chi connectivity index (χ4v) is 2.40. The molecule has 2 rings (SSSR count). The van der Waals surface area contributed by atoms with Gasteiger partial charge in [-0.25, -0.2) is 0 Å². The standard InChI is InChI=1S/C13H20N4O4/c1-7(2)11-15-16-13(21-11)14-10(18)6-17-4-8(3)9(5-17)12(19)20/h7-9H,4-6H2,1-3H3,(H,19,20)(H,14,16,18)/t8-,9-/m1/s1. The summed E-state index contributed by atoms with van der Waals surface area (Å²) in [6.07, 6.45) is 0. The zero-order chi connectivity index (χ0) is 15.6. The topological polar surface area (TPSA) is 109 Å². The first-order valence-electron chi connectivity index (χ1n) is 6.95. The highest BCUT2D eigenvalue weighted by Crippen LogP contribution is 2.23. The minimum atomic E-state index is -0.816. The first-order chi connectivity index (χ1) is 9.86. The Labute approximate surface area is 122 Å². The van der Waals surface area contributed by atoms with Crippen molar-refractivity contribution in [1.29, 1.82) is 0 Å². The average molecular weight is 296 g/mol. The molecule has 2 N–H and O–H groups in total. The maximum absolute atomic E-state index is 11.9. The summed E-state index contributed by atoms with van der Waals surface area (Å²) in [5, 5.41) is 19.2. The molecule has 8 nitrogen and oxygen atoms in total. The molecule has 1 aromatic heterocycles. The van der Waals surface area contributed by atoms with Crippen LogP contribution in [0.3, 0.4) is 0 Å². The van der Waals surface area contributed by atoms with Gasteiger partial charge in [0.05, 0.1) is 12.5 Å². The molecule has 1 aromatic rings. The van der Waals surface area contributed by atoms with Gasteiger partial charge in [-0.15, -0.1) is 5.10 Å². The Hall–Kier alpha value is -1.96. The molecular formula is C13H20N4O4. The Bertz CT molecular complexity index is 528. The van der Waals surface area contributed by atoms with E-state index in [1.54, 1.807) is 0 Å². The number of carboxylic acid groups (broad SMARTS) is 1. The molecule has 2 heterocycles. The number of carbonyl (C=O) groups excluding carboxylic acids is 1. The van der Waals surface area contributed by atoms with Gasteiger partial charge in [-0.3, -0.25) is 19.8 Å². The van der Waals surface area contributed by atoms with Crippen molar-refractivity contribution >= 4 is 17.9 Å². The second-order valence-corrected chi connectivity index (χ2v) is 5.76. The van der Waals surface area contributed by atoms with Gasteiger partial charge in [0.15, 0.2) is 0 Å². The van der Waals surface area contributed by atoms with E-state index in [-0.39, 0.29) is 30.3 Å². The summed E-state index contributed by atoms with van der Waals surface area (Å²) in [6, 6.07) is 0.0747. The molecule has 0 bridgehead atoms. The van der Waals surface area contributed by atoms with Gasteiger partial charge in [-0.1, -0.05) is 25.9 Å². The number of aromatic nitrogens is 2. The van der Waals surface area contributed by atoms with Crippen molar-refractivity contribution in [2.75, 3.05) is 25.0 Å². The van der Waals surface area contributed by atoms with Gasteiger partial charge in [-0.2, -0.15) is 0 Å². The minimum Gasteiger partial charge on any atom is -0.481 e. The lowest BCUT2D eigenvalue weighted by Crippen LogP contribution is -2.32. The fourth-order valence-electron chi connectivity index (χ4n) is 2.40. The van der Waals surface area contributed by atoms with Gasteiger partial charge in [0.1, 0.15) is 0 Å². The molecule has 21 heavy (non-hydrogen) atoms. The lowest BCUT2D eigenvalue weighted by molar-refractivity contribution is -0.142. The van der Waals surface area contributed by atoms with Crippen molar-refractivity contribution in [2.24, 2.45) is 11.8 Å². The smallest absolute Gasteiger partial charge is 0.322 e. The molecule has 1 aliphatic rings. The van der Waals surface area contributed by atoms with E-state index < -0.39 is 11.9 Å². The summed E-state index contributed by atoms with van der Waals surface area (Å²) < 4.78 is 5.29. The predicted molar refractivity (Wildman–Crippen MR) is 73.7 cm³/mol. The minimum absolute atomic E-state index is 0.0336. The zero-order valence-electron chi connectivity index (χ0n) is 12.4. The van der Waals surface area contributed by atoms with Crippen molar-refractivity contribution < 1.29 is 19.1 Å². The number of likely N-dealkylation sites (tertiary alicyclic amines) is 1. The Morgan fingerprint density at radius 3 is 2.67 bits per heavy atom. The van der Waals surface area contributed by atoms with Crippen molar-refractivity contribution in [1.82, 2.24) is 15.1 Å². The van der Waals surface area contributed by atoms with Crippen LogP contribution in [0.1, 0.15) is 32.6 Å². The maximum Gasteiger partial charge on any atom is 0.322 e. The van der Waals surface area contributed by atoms with Crippen LogP contribution in [0.5, 0.6) is 0 Å². The first-order valence-corrected chi connectivity index (χ1v) is 6.95. The number of hydrogen-bond acceptors (Lipinski definition) is 6. The van der Waals surface area contributed by atoms with E-state index in [4.69, 9.17) is 9.52 Å². The second-order valence-electron chi connectivity index (χ2n) is 5.76. The van der Waals surface area contributed by atoms with Crippen molar-refractivity contribution in [3.05, 3.63) is 5.89 Å². The van der Waals surface area contributed by atoms with Crippen LogP contribution in [0.4, 0.5) is 6.01 Å². The van der Waals surface area contributed by atoms with Gasteiger partial charge in [0.2, 0.25) is 11.8 Å². The van der Waals surface area contributed by atoms with Crippen molar-refractivity contribution in [3.63, 3.8) is 0 Å². The summed E-state index contributed by atoms with van der Waals surface area (Å²) in [4.78, 5) is 24.8. The summed E-state index contributed by atoms with van der Waals surface area (Å²) in [5.74, 6) is -0.930. The van der Waals surface area contributed by atoms with Crippen LogP contribution in [-0.2, 0) is 9.59 Å². The van der Waals surface area contributed by atoms with Gasteiger partial charge in [0.25, 0.3) is 0 Å². The van der Waals surface area contributed by atoms with E-state index in [0.717, 1.165) is 0 Å². The molecule has 8 heteroatoms. The zero-order valence-corrected chi connectivity index (χ0v) is 12.4. The summed E-state index contributed by atoms with van der Waals surface area (Å²) in [5.41, 5.74) is 0. The van der Waals surface area contributed by atoms with E-state index in [1.165, 1.54) is 0 Å². The first kappa shape index (κ1) is 15.4. The average Bonchev–Trinajstić information content (AvgIpc) is 2.96. The number of hydrogen-bond donors (Lipinski definition) is 2. The number of aliphatic carboxylic acids is 1. The molecule has 0 aromatic carbocycles. The normalized spacial score (nSPS) is 22.7. The second kappa shape index (κ2) is 6.21. The number of nitrogens with zero attached hydrogens (tertiary/aromatic N) is 3. The van der Waals surface area contributed by atoms with E-state index >= 15 is 0 Å². The molecular weight excluding hydrogens is 276 g/mol. The fraction of sp³-hybridized carbons (Fsp3) is 0.692. The van der Waals surface area contributed by atoms with Gasteiger partial charge in [-0.05, 0) is 5.92 Å². The molecule has 1 aliphatic heterocycles. The SMILES string of the molecule is CC(C)c1nnc(NC(=O)CN2C[C@@H](C)[C@H](C(=O)O)C2)o1. The molecule has 0 radical (unpaired) electrons.